The zero-order chi connectivity index (χ0) is 14.4. The molecule has 2 amide bonds. The lowest BCUT2D eigenvalue weighted by Crippen LogP contribution is -2.29. The van der Waals surface area contributed by atoms with E-state index in [4.69, 9.17) is 0 Å². The number of fused-ring (bicyclic) bond motifs is 1. The van der Waals surface area contributed by atoms with Crippen LogP contribution >= 0.6 is 31.9 Å². The van der Waals surface area contributed by atoms with Crippen molar-refractivity contribution in [3.05, 3.63) is 62.0 Å². The van der Waals surface area contributed by atoms with Crippen molar-refractivity contribution in [1.29, 1.82) is 0 Å². The molecule has 0 saturated heterocycles. The smallest absolute Gasteiger partial charge is 0.266 e. The zero-order valence-corrected chi connectivity index (χ0v) is 13.7. The average Bonchev–Trinajstić information content (AvgIpc) is 2.63. The third kappa shape index (κ3) is 2.01. The molecule has 0 spiro atoms. The van der Waals surface area contributed by atoms with Gasteiger partial charge in [-0.3, -0.25) is 9.59 Å². The van der Waals surface area contributed by atoms with Gasteiger partial charge in [0.2, 0.25) is 0 Å². The first kappa shape index (κ1) is 13.5. The third-order valence-corrected chi connectivity index (χ3v) is 4.23. The molecular formula is C15H9Br2NO2. The Morgan fingerprint density at radius 2 is 1.45 bits per heavy atom. The van der Waals surface area contributed by atoms with Crippen LogP contribution < -0.4 is 4.90 Å². The maximum absolute atomic E-state index is 12.5. The Bertz CT molecular complexity index is 756. The summed E-state index contributed by atoms with van der Waals surface area (Å²) < 4.78 is 1.70. The molecule has 100 valence electrons. The number of anilines is 1. The van der Waals surface area contributed by atoms with Crippen molar-refractivity contribution in [2.75, 3.05) is 4.90 Å². The number of nitrogens with zero attached hydrogens (tertiary/aromatic N) is 1. The maximum atomic E-state index is 12.5. The van der Waals surface area contributed by atoms with Crippen molar-refractivity contribution in [3.8, 4) is 0 Å². The van der Waals surface area contributed by atoms with E-state index in [9.17, 15) is 9.59 Å². The van der Waals surface area contributed by atoms with Gasteiger partial charge in [0.05, 0.1) is 16.8 Å². The molecule has 3 rings (SSSR count). The van der Waals surface area contributed by atoms with Crippen molar-refractivity contribution >= 4 is 49.4 Å². The van der Waals surface area contributed by atoms with Crippen molar-refractivity contribution < 1.29 is 9.59 Å². The summed E-state index contributed by atoms with van der Waals surface area (Å²) in [6, 6.07) is 10.6. The Balaban J connectivity index is 2.14. The minimum atomic E-state index is -0.281. The molecule has 5 heteroatoms. The monoisotopic (exact) mass is 393 g/mol. The van der Waals surface area contributed by atoms with Crippen molar-refractivity contribution in [2.24, 2.45) is 0 Å². The first-order valence-electron chi connectivity index (χ1n) is 5.93. The van der Waals surface area contributed by atoms with Gasteiger partial charge in [0, 0.05) is 8.95 Å². The van der Waals surface area contributed by atoms with Gasteiger partial charge in [-0.05, 0) is 48.9 Å². The van der Waals surface area contributed by atoms with Crippen molar-refractivity contribution in [3.63, 3.8) is 0 Å². The fraction of sp³-hybridized carbons (Fsp3) is 0.0667. The number of carbonyl (C=O) groups excluding carboxylic acids is 2. The highest BCUT2D eigenvalue weighted by molar-refractivity contribution is 9.10. The van der Waals surface area contributed by atoms with Crippen LogP contribution in [0.2, 0.25) is 0 Å². The van der Waals surface area contributed by atoms with Crippen LogP contribution in [0.3, 0.4) is 0 Å². The normalized spacial score (nSPS) is 13.8. The summed E-state index contributed by atoms with van der Waals surface area (Å²) in [4.78, 5) is 26.1. The standard InChI is InChI=1S/C15H9Br2NO2/c1-8-6-9(16)3-5-13(8)18-14(19)11-4-2-10(17)7-12(11)15(18)20/h2-7H,1H3. The number of carbonyl (C=O) groups is 2. The van der Waals surface area contributed by atoms with Crippen LogP contribution in [0, 0.1) is 6.92 Å². The SMILES string of the molecule is Cc1cc(Br)ccc1N1C(=O)c2ccc(Br)cc2C1=O. The molecule has 2 aromatic rings. The number of rotatable bonds is 1. The molecule has 0 aromatic heterocycles. The summed E-state index contributed by atoms with van der Waals surface area (Å²) in [7, 11) is 0. The van der Waals surface area contributed by atoms with Crippen LogP contribution in [0.15, 0.2) is 45.3 Å². The highest BCUT2D eigenvalue weighted by Gasteiger charge is 2.37. The molecule has 2 aromatic carbocycles. The van der Waals surface area contributed by atoms with E-state index in [0.29, 0.717) is 16.8 Å². The molecule has 1 aliphatic heterocycles. The second-order valence-electron chi connectivity index (χ2n) is 4.57. The molecule has 0 N–H and O–H groups in total. The summed E-state index contributed by atoms with van der Waals surface area (Å²) in [5.74, 6) is -0.556. The fourth-order valence-corrected chi connectivity index (χ4v) is 3.14. The van der Waals surface area contributed by atoms with Crippen LogP contribution in [-0.2, 0) is 0 Å². The van der Waals surface area contributed by atoms with Gasteiger partial charge < -0.3 is 0 Å². The lowest BCUT2D eigenvalue weighted by molar-refractivity contribution is 0.0926. The second-order valence-corrected chi connectivity index (χ2v) is 6.40. The molecule has 0 unspecified atom stereocenters. The molecule has 0 saturated carbocycles. The summed E-state index contributed by atoms with van der Waals surface area (Å²) in [5, 5.41) is 0. The molecule has 3 nitrogen and oxygen atoms in total. The van der Waals surface area contributed by atoms with Crippen LogP contribution in [0.1, 0.15) is 26.3 Å². The Morgan fingerprint density at radius 1 is 0.850 bits per heavy atom. The zero-order valence-electron chi connectivity index (χ0n) is 10.5. The van der Waals surface area contributed by atoms with E-state index in [0.717, 1.165) is 14.5 Å². The minimum absolute atomic E-state index is 0.275. The van der Waals surface area contributed by atoms with Gasteiger partial charge in [-0.1, -0.05) is 31.9 Å². The molecule has 0 fully saturated rings. The van der Waals surface area contributed by atoms with E-state index in [2.05, 4.69) is 31.9 Å². The topological polar surface area (TPSA) is 37.4 Å². The summed E-state index contributed by atoms with van der Waals surface area (Å²) >= 11 is 6.70. The number of benzene rings is 2. The van der Waals surface area contributed by atoms with Gasteiger partial charge in [-0.25, -0.2) is 4.90 Å². The Kier molecular flexibility index (Phi) is 3.26. The number of amides is 2. The molecule has 0 radical (unpaired) electrons. The molecule has 0 atom stereocenters. The van der Waals surface area contributed by atoms with Gasteiger partial charge in [0.1, 0.15) is 0 Å². The van der Waals surface area contributed by atoms with Crippen LogP contribution in [-0.4, -0.2) is 11.8 Å². The first-order chi connectivity index (χ1) is 9.49. The molecule has 1 heterocycles. The first-order valence-corrected chi connectivity index (χ1v) is 7.52. The molecule has 0 bridgehead atoms. The number of halogens is 2. The number of hydrogen-bond acceptors (Lipinski definition) is 2. The molecule has 20 heavy (non-hydrogen) atoms. The Morgan fingerprint density at radius 3 is 2.15 bits per heavy atom. The largest absolute Gasteiger partial charge is 0.268 e. The van der Waals surface area contributed by atoms with Gasteiger partial charge in [0.25, 0.3) is 11.8 Å². The van der Waals surface area contributed by atoms with E-state index in [1.807, 2.05) is 19.1 Å². The van der Waals surface area contributed by atoms with Crippen LogP contribution in [0.25, 0.3) is 0 Å². The van der Waals surface area contributed by atoms with Crippen molar-refractivity contribution in [1.82, 2.24) is 0 Å². The van der Waals surface area contributed by atoms with Gasteiger partial charge in [-0.2, -0.15) is 0 Å². The van der Waals surface area contributed by atoms with Crippen molar-refractivity contribution in [2.45, 2.75) is 6.92 Å². The van der Waals surface area contributed by atoms with E-state index < -0.39 is 0 Å². The molecule has 0 aliphatic carbocycles. The summed E-state index contributed by atoms with van der Waals surface area (Å²) in [5.41, 5.74) is 2.37. The van der Waals surface area contributed by atoms with E-state index in [-0.39, 0.29) is 11.8 Å². The predicted molar refractivity (Wildman–Crippen MR) is 84.2 cm³/mol. The Labute approximate surface area is 132 Å². The van der Waals surface area contributed by atoms with Gasteiger partial charge in [-0.15, -0.1) is 0 Å². The maximum Gasteiger partial charge on any atom is 0.266 e. The van der Waals surface area contributed by atoms with Gasteiger partial charge in [0.15, 0.2) is 0 Å². The number of imide groups is 1. The van der Waals surface area contributed by atoms with E-state index >= 15 is 0 Å². The molecule has 1 aliphatic rings. The minimum Gasteiger partial charge on any atom is -0.268 e. The highest BCUT2D eigenvalue weighted by atomic mass is 79.9. The van der Waals surface area contributed by atoms with Crippen LogP contribution in [0.4, 0.5) is 5.69 Å². The average molecular weight is 395 g/mol. The predicted octanol–water partition coefficient (Wildman–Crippen LogP) is 4.32. The van der Waals surface area contributed by atoms with Gasteiger partial charge >= 0.3 is 0 Å². The Hall–Kier alpha value is -1.46. The molecular weight excluding hydrogens is 386 g/mol. The second kappa shape index (κ2) is 4.82. The van der Waals surface area contributed by atoms with E-state index in [1.165, 1.54) is 4.90 Å². The summed E-state index contributed by atoms with van der Waals surface area (Å²) in [6.45, 7) is 1.87. The van der Waals surface area contributed by atoms with E-state index in [1.54, 1.807) is 24.3 Å². The fourth-order valence-electron chi connectivity index (χ4n) is 2.30. The summed E-state index contributed by atoms with van der Waals surface area (Å²) in [6.07, 6.45) is 0. The number of hydrogen-bond donors (Lipinski definition) is 0. The quantitative estimate of drug-likeness (QED) is 0.675. The lowest BCUT2D eigenvalue weighted by Gasteiger charge is -2.16. The highest BCUT2D eigenvalue weighted by Crippen LogP contribution is 2.32. The number of aryl methyl sites for hydroxylation is 1. The lowest BCUT2D eigenvalue weighted by atomic mass is 10.1. The van der Waals surface area contributed by atoms with Crippen LogP contribution in [0.5, 0.6) is 0 Å². The third-order valence-electron chi connectivity index (χ3n) is 3.25.